The van der Waals surface area contributed by atoms with Gasteiger partial charge in [-0.25, -0.2) is 22.9 Å². The van der Waals surface area contributed by atoms with Gasteiger partial charge in [-0.1, -0.05) is 0 Å². The standard InChI is InChI=1S/C21H38N6O4S/c1-21(7-8-21)23-32(30,31)16-5-6-18-17(11-16)19(28)27(20(29)25(18)4)14-15-12-22-26(13-15)10-9-24(2)3/h15-18,22-23H,5-14H2,1-4H3. The molecular formula is C21H38N6O4S. The first-order valence-corrected chi connectivity index (χ1v) is 13.3. The van der Waals surface area contributed by atoms with Crippen molar-refractivity contribution >= 4 is 22.0 Å². The van der Waals surface area contributed by atoms with Crippen molar-refractivity contribution < 1.29 is 18.0 Å². The highest BCUT2D eigenvalue weighted by atomic mass is 32.2. The van der Waals surface area contributed by atoms with Gasteiger partial charge in [-0.05, 0) is 53.1 Å². The molecule has 3 amide bonds. The number of sulfonamides is 1. The van der Waals surface area contributed by atoms with Crippen molar-refractivity contribution in [2.75, 3.05) is 53.9 Å². The number of hydrogen-bond donors (Lipinski definition) is 2. The molecule has 0 aromatic rings. The number of carbonyl (C=O) groups is 2. The van der Waals surface area contributed by atoms with E-state index >= 15 is 0 Å². The average Bonchev–Trinajstić information content (AvgIpc) is 3.27. The van der Waals surface area contributed by atoms with E-state index in [-0.39, 0.29) is 35.9 Å². The Kier molecular flexibility index (Phi) is 6.58. The highest BCUT2D eigenvalue weighted by Gasteiger charge is 2.51. The topological polar surface area (TPSA) is 105 Å². The lowest BCUT2D eigenvalue weighted by molar-refractivity contribution is -0.140. The van der Waals surface area contributed by atoms with Crippen LogP contribution in [0.1, 0.15) is 39.0 Å². The Morgan fingerprint density at radius 1 is 1.22 bits per heavy atom. The Balaban J connectivity index is 1.40. The molecule has 2 saturated heterocycles. The van der Waals surface area contributed by atoms with E-state index in [9.17, 15) is 18.0 Å². The Morgan fingerprint density at radius 2 is 1.94 bits per heavy atom. The van der Waals surface area contributed by atoms with Gasteiger partial charge in [0.1, 0.15) is 0 Å². The molecule has 0 aromatic heterocycles. The molecular weight excluding hydrogens is 432 g/mol. The summed E-state index contributed by atoms with van der Waals surface area (Å²) in [4.78, 5) is 31.6. The molecule has 182 valence electrons. The molecule has 0 radical (unpaired) electrons. The first kappa shape index (κ1) is 23.9. The molecule has 2 heterocycles. The summed E-state index contributed by atoms with van der Waals surface area (Å²) in [5, 5.41) is 1.56. The zero-order chi connectivity index (χ0) is 23.3. The summed E-state index contributed by atoms with van der Waals surface area (Å²) in [6, 6.07) is -0.472. The Bertz CT molecular complexity index is 845. The van der Waals surface area contributed by atoms with Crippen molar-refractivity contribution in [3.05, 3.63) is 0 Å². The fraction of sp³-hybridized carbons (Fsp3) is 0.905. The van der Waals surface area contributed by atoms with Crippen molar-refractivity contribution in [2.24, 2.45) is 11.8 Å². The van der Waals surface area contributed by atoms with Crippen LogP contribution >= 0.6 is 0 Å². The van der Waals surface area contributed by atoms with E-state index in [4.69, 9.17) is 0 Å². The smallest absolute Gasteiger partial charge is 0.324 e. The van der Waals surface area contributed by atoms with Crippen molar-refractivity contribution in [2.45, 2.75) is 55.9 Å². The summed E-state index contributed by atoms with van der Waals surface area (Å²) in [6.07, 6.45) is 3.01. The summed E-state index contributed by atoms with van der Waals surface area (Å²) in [5.74, 6) is -0.503. The Labute approximate surface area is 191 Å². The third-order valence-corrected chi connectivity index (χ3v) is 9.63. The van der Waals surface area contributed by atoms with Crippen LogP contribution in [0.5, 0.6) is 0 Å². The number of carbonyl (C=O) groups excluding carboxylic acids is 2. The lowest BCUT2D eigenvalue weighted by atomic mass is 9.81. The maximum Gasteiger partial charge on any atom is 0.326 e. The van der Waals surface area contributed by atoms with Gasteiger partial charge in [-0.2, -0.15) is 0 Å². The molecule has 10 nitrogen and oxygen atoms in total. The first-order chi connectivity index (χ1) is 15.0. The summed E-state index contributed by atoms with van der Waals surface area (Å²) in [7, 11) is 2.32. The SMILES string of the molecule is CN(C)CCN1CC(CN2C(=O)C3CC(S(=O)(=O)NC4(C)CC4)CCC3N(C)C2=O)CN1. The quantitative estimate of drug-likeness (QED) is 0.510. The second kappa shape index (κ2) is 8.83. The molecule has 2 aliphatic carbocycles. The van der Waals surface area contributed by atoms with Gasteiger partial charge in [-0.15, -0.1) is 0 Å². The van der Waals surface area contributed by atoms with E-state index in [0.717, 1.165) is 39.0 Å². The van der Waals surface area contributed by atoms with Gasteiger partial charge in [0.15, 0.2) is 0 Å². The van der Waals surface area contributed by atoms with Crippen LogP contribution < -0.4 is 10.1 Å². The van der Waals surface area contributed by atoms with Crippen LogP contribution in [-0.2, 0) is 14.8 Å². The third kappa shape index (κ3) is 4.96. The molecule has 32 heavy (non-hydrogen) atoms. The lowest BCUT2D eigenvalue weighted by Gasteiger charge is -2.47. The van der Waals surface area contributed by atoms with E-state index in [0.29, 0.717) is 19.4 Å². The van der Waals surface area contributed by atoms with Gasteiger partial charge < -0.3 is 9.80 Å². The Morgan fingerprint density at radius 3 is 2.59 bits per heavy atom. The molecule has 4 atom stereocenters. The van der Waals surface area contributed by atoms with Crippen LogP contribution in [0.15, 0.2) is 0 Å². The van der Waals surface area contributed by atoms with E-state index in [1.54, 1.807) is 11.9 Å². The number of urea groups is 1. The molecule has 0 bridgehead atoms. The number of amides is 3. The predicted octanol–water partition coefficient (Wildman–Crippen LogP) is -0.112. The first-order valence-electron chi connectivity index (χ1n) is 11.7. The zero-order valence-corrected chi connectivity index (χ0v) is 20.5. The number of likely N-dealkylation sites (N-methyl/N-ethyl adjacent to an activating group) is 1. The third-order valence-electron chi connectivity index (χ3n) is 7.55. The van der Waals surface area contributed by atoms with Crippen LogP contribution in [0.4, 0.5) is 4.79 Å². The summed E-state index contributed by atoms with van der Waals surface area (Å²) < 4.78 is 28.7. The van der Waals surface area contributed by atoms with Gasteiger partial charge in [-0.3, -0.25) is 15.1 Å². The van der Waals surface area contributed by atoms with E-state index in [1.807, 2.05) is 21.0 Å². The van der Waals surface area contributed by atoms with Crippen molar-refractivity contribution in [3.63, 3.8) is 0 Å². The zero-order valence-electron chi connectivity index (χ0n) is 19.7. The number of nitrogens with one attached hydrogen (secondary N) is 2. The van der Waals surface area contributed by atoms with E-state index in [1.165, 1.54) is 4.90 Å². The minimum absolute atomic E-state index is 0.162. The monoisotopic (exact) mass is 470 g/mol. The number of hydrogen-bond acceptors (Lipinski definition) is 7. The minimum Gasteiger partial charge on any atom is -0.324 e. The molecule has 11 heteroatoms. The van der Waals surface area contributed by atoms with Gasteiger partial charge in [0, 0.05) is 57.3 Å². The largest absolute Gasteiger partial charge is 0.326 e. The fourth-order valence-corrected chi connectivity index (χ4v) is 7.17. The molecule has 2 aliphatic heterocycles. The molecule has 4 fully saturated rings. The predicted molar refractivity (Wildman–Crippen MR) is 121 cm³/mol. The molecule has 2 saturated carbocycles. The van der Waals surface area contributed by atoms with Crippen LogP contribution in [0.2, 0.25) is 0 Å². The van der Waals surface area contributed by atoms with Crippen LogP contribution in [0.25, 0.3) is 0 Å². The van der Waals surface area contributed by atoms with Crippen molar-refractivity contribution in [3.8, 4) is 0 Å². The maximum atomic E-state index is 13.4. The van der Waals surface area contributed by atoms with Gasteiger partial charge in [0.25, 0.3) is 0 Å². The highest BCUT2D eigenvalue weighted by Crippen LogP contribution is 2.39. The highest BCUT2D eigenvalue weighted by molar-refractivity contribution is 7.90. The Hall–Kier alpha value is -1.27. The number of rotatable bonds is 8. The van der Waals surface area contributed by atoms with E-state index < -0.39 is 21.2 Å². The number of fused-ring (bicyclic) bond motifs is 1. The number of nitrogens with zero attached hydrogens (tertiary/aromatic N) is 4. The lowest BCUT2D eigenvalue weighted by Crippen LogP contribution is -2.63. The van der Waals surface area contributed by atoms with Gasteiger partial charge in [0.05, 0.1) is 11.2 Å². The molecule has 4 aliphatic rings. The maximum absolute atomic E-state index is 13.4. The minimum atomic E-state index is -3.49. The van der Waals surface area contributed by atoms with Crippen LogP contribution in [0.3, 0.4) is 0 Å². The molecule has 0 aromatic carbocycles. The van der Waals surface area contributed by atoms with Crippen molar-refractivity contribution in [1.82, 2.24) is 29.9 Å². The second-order valence-corrected chi connectivity index (χ2v) is 12.6. The number of imide groups is 1. The molecule has 0 spiro atoms. The van der Waals surface area contributed by atoms with Crippen LogP contribution in [0, 0.1) is 11.8 Å². The second-order valence-electron chi connectivity index (χ2n) is 10.6. The summed E-state index contributed by atoms with van der Waals surface area (Å²) in [5.41, 5.74) is 3.04. The fourth-order valence-electron chi connectivity index (χ4n) is 5.21. The van der Waals surface area contributed by atoms with E-state index in [2.05, 4.69) is 20.1 Å². The molecule has 4 unspecified atom stereocenters. The van der Waals surface area contributed by atoms with Gasteiger partial charge in [0.2, 0.25) is 15.9 Å². The van der Waals surface area contributed by atoms with Crippen molar-refractivity contribution in [1.29, 1.82) is 0 Å². The van der Waals surface area contributed by atoms with Gasteiger partial charge >= 0.3 is 6.03 Å². The van der Waals surface area contributed by atoms with Crippen LogP contribution in [-0.4, -0.2) is 111 Å². The molecule has 2 N–H and O–H groups in total. The average molecular weight is 471 g/mol. The summed E-state index contributed by atoms with van der Waals surface area (Å²) in [6.45, 7) is 5.60. The number of hydrazine groups is 1. The summed E-state index contributed by atoms with van der Waals surface area (Å²) >= 11 is 0. The normalized spacial score (nSPS) is 33.2. The molecule has 4 rings (SSSR count).